The lowest BCUT2D eigenvalue weighted by Crippen LogP contribution is -2.16. The van der Waals surface area contributed by atoms with Crippen LogP contribution in [0, 0.1) is 25.7 Å². The summed E-state index contributed by atoms with van der Waals surface area (Å²) in [5.74, 6) is 5.54. The molecule has 1 aromatic heterocycles. The van der Waals surface area contributed by atoms with Crippen molar-refractivity contribution in [1.82, 2.24) is 4.98 Å². The molecule has 0 spiro atoms. The first-order chi connectivity index (χ1) is 10.1. The summed E-state index contributed by atoms with van der Waals surface area (Å²) in [4.78, 5) is 16.4. The first-order valence-corrected chi connectivity index (χ1v) is 6.64. The quantitative estimate of drug-likeness (QED) is 0.829. The topological polar surface area (TPSA) is 68.0 Å². The van der Waals surface area contributed by atoms with E-state index in [0.717, 1.165) is 16.7 Å². The van der Waals surface area contributed by atoms with Gasteiger partial charge in [0.1, 0.15) is 5.69 Å². The van der Waals surface area contributed by atoms with Crippen LogP contribution in [-0.2, 0) is 0 Å². The smallest absolute Gasteiger partial charge is 0.274 e. The van der Waals surface area contributed by atoms with Gasteiger partial charge in [-0.3, -0.25) is 9.78 Å². The lowest BCUT2D eigenvalue weighted by molar-refractivity contribution is 0.102. The molecule has 2 rings (SSSR count). The van der Waals surface area contributed by atoms with Crippen LogP contribution in [0.4, 0.5) is 5.69 Å². The third-order valence-corrected chi connectivity index (χ3v) is 2.97. The fraction of sp³-hybridized carbons (Fsp3) is 0.176. The molecule has 1 aromatic carbocycles. The lowest BCUT2D eigenvalue weighted by atomic mass is 10.1. The van der Waals surface area contributed by atoms with Crippen molar-refractivity contribution >= 4 is 11.6 Å². The van der Waals surface area contributed by atoms with E-state index >= 15 is 0 Å². The van der Waals surface area contributed by atoms with Gasteiger partial charge in [-0.15, -0.1) is 0 Å². The zero-order valence-corrected chi connectivity index (χ0v) is 12.1. The van der Waals surface area contributed by atoms with Gasteiger partial charge in [-0.1, -0.05) is 24.0 Å². The zero-order chi connectivity index (χ0) is 15.2. The molecular formula is C17H17N3O. The Hall–Kier alpha value is -2.64. The molecule has 1 heterocycles. The molecule has 0 unspecified atom stereocenters. The number of carbonyl (C=O) groups is 1. The maximum absolute atomic E-state index is 12.3. The van der Waals surface area contributed by atoms with Crippen LogP contribution in [0.5, 0.6) is 0 Å². The highest BCUT2D eigenvalue weighted by Gasteiger charge is 2.12. The van der Waals surface area contributed by atoms with E-state index in [9.17, 15) is 4.79 Å². The highest BCUT2D eigenvalue weighted by Crippen LogP contribution is 2.17. The Morgan fingerprint density at radius 1 is 1.33 bits per heavy atom. The second-order valence-corrected chi connectivity index (χ2v) is 4.68. The fourth-order valence-electron chi connectivity index (χ4n) is 1.92. The molecular weight excluding hydrogens is 262 g/mol. The van der Waals surface area contributed by atoms with Gasteiger partial charge in [0.15, 0.2) is 0 Å². The van der Waals surface area contributed by atoms with E-state index in [1.165, 1.54) is 0 Å². The van der Waals surface area contributed by atoms with Crippen LogP contribution in [0.15, 0.2) is 36.5 Å². The van der Waals surface area contributed by atoms with E-state index in [2.05, 4.69) is 22.1 Å². The van der Waals surface area contributed by atoms with Gasteiger partial charge in [0, 0.05) is 11.8 Å². The highest BCUT2D eigenvalue weighted by atomic mass is 16.1. The third kappa shape index (κ3) is 3.68. The Bertz CT molecular complexity index is 726. The number of pyridine rings is 1. The second kappa shape index (κ2) is 6.69. The van der Waals surface area contributed by atoms with Crippen LogP contribution >= 0.6 is 0 Å². The van der Waals surface area contributed by atoms with E-state index in [0.29, 0.717) is 11.4 Å². The highest BCUT2D eigenvalue weighted by molar-refractivity contribution is 6.04. The zero-order valence-electron chi connectivity index (χ0n) is 12.1. The van der Waals surface area contributed by atoms with Crippen molar-refractivity contribution < 1.29 is 4.79 Å². The second-order valence-electron chi connectivity index (χ2n) is 4.68. The molecule has 0 saturated carbocycles. The first kappa shape index (κ1) is 14.8. The van der Waals surface area contributed by atoms with Crippen molar-refractivity contribution in [1.29, 1.82) is 0 Å². The lowest BCUT2D eigenvalue weighted by Gasteiger charge is -2.09. The molecule has 1 amide bonds. The molecule has 106 valence electrons. The molecule has 3 N–H and O–H groups in total. The molecule has 2 aromatic rings. The third-order valence-electron chi connectivity index (χ3n) is 2.97. The number of hydrogen-bond acceptors (Lipinski definition) is 3. The van der Waals surface area contributed by atoms with Crippen molar-refractivity contribution in [2.75, 3.05) is 11.9 Å². The van der Waals surface area contributed by atoms with Crippen LogP contribution in [0.3, 0.4) is 0 Å². The van der Waals surface area contributed by atoms with Crippen molar-refractivity contribution in [3.05, 3.63) is 58.9 Å². The van der Waals surface area contributed by atoms with E-state index in [-0.39, 0.29) is 12.5 Å². The Kier molecular flexibility index (Phi) is 4.70. The van der Waals surface area contributed by atoms with Gasteiger partial charge < -0.3 is 11.1 Å². The molecule has 0 atom stereocenters. The summed E-state index contributed by atoms with van der Waals surface area (Å²) in [6.45, 7) is 4.11. The Morgan fingerprint density at radius 2 is 2.14 bits per heavy atom. The van der Waals surface area contributed by atoms with E-state index in [1.54, 1.807) is 12.3 Å². The average Bonchev–Trinajstić information content (AvgIpc) is 2.47. The number of anilines is 1. The number of aryl methyl sites for hydroxylation is 2. The van der Waals surface area contributed by atoms with Gasteiger partial charge in [-0.05, 0) is 43.2 Å². The Labute approximate surface area is 124 Å². The number of rotatable bonds is 2. The molecule has 0 aliphatic carbocycles. The molecule has 4 heteroatoms. The molecule has 21 heavy (non-hydrogen) atoms. The van der Waals surface area contributed by atoms with Gasteiger partial charge in [0.25, 0.3) is 5.91 Å². The van der Waals surface area contributed by atoms with Crippen LogP contribution in [0.1, 0.15) is 27.2 Å². The minimum Gasteiger partial charge on any atom is -0.320 e. The number of nitrogens with zero attached hydrogens (tertiary/aromatic N) is 1. The maximum atomic E-state index is 12.3. The van der Waals surface area contributed by atoms with Crippen LogP contribution in [0.25, 0.3) is 0 Å². The Balaban J connectivity index is 2.31. The predicted molar refractivity (Wildman–Crippen MR) is 84.0 cm³/mol. The predicted octanol–water partition coefficient (Wildman–Crippen LogP) is 2.26. The molecule has 0 radical (unpaired) electrons. The molecule has 4 nitrogen and oxygen atoms in total. The SMILES string of the molecule is Cc1ccc(NC(=O)c2ncccc2C)c(C#CCN)c1. The molecule has 0 aliphatic rings. The van der Waals surface area contributed by atoms with Crippen LogP contribution in [0.2, 0.25) is 0 Å². The largest absolute Gasteiger partial charge is 0.320 e. The molecule has 0 saturated heterocycles. The minimum absolute atomic E-state index is 0.243. The monoisotopic (exact) mass is 279 g/mol. The molecule has 0 fully saturated rings. The summed E-state index contributed by atoms with van der Waals surface area (Å²) in [6, 6.07) is 9.34. The van der Waals surface area contributed by atoms with E-state index in [1.807, 2.05) is 38.1 Å². The molecule has 0 aliphatic heterocycles. The summed E-state index contributed by atoms with van der Waals surface area (Å²) < 4.78 is 0. The Morgan fingerprint density at radius 3 is 2.86 bits per heavy atom. The minimum atomic E-state index is -0.243. The maximum Gasteiger partial charge on any atom is 0.274 e. The number of benzene rings is 1. The van der Waals surface area contributed by atoms with Gasteiger partial charge >= 0.3 is 0 Å². The summed E-state index contributed by atoms with van der Waals surface area (Å²) in [6.07, 6.45) is 1.60. The number of aromatic nitrogens is 1. The standard InChI is InChI=1S/C17H17N3O/c1-12-7-8-15(14(11-12)6-3-9-18)20-17(21)16-13(2)5-4-10-19-16/h4-5,7-8,10-11H,9,18H2,1-2H3,(H,20,21). The van der Waals surface area contributed by atoms with Crippen molar-refractivity contribution in [2.45, 2.75) is 13.8 Å². The number of nitrogens with one attached hydrogen (secondary N) is 1. The number of hydrogen-bond donors (Lipinski definition) is 2. The van der Waals surface area contributed by atoms with Crippen LogP contribution < -0.4 is 11.1 Å². The van der Waals surface area contributed by atoms with Gasteiger partial charge in [-0.25, -0.2) is 0 Å². The normalized spacial score (nSPS) is 9.67. The average molecular weight is 279 g/mol. The fourth-order valence-corrected chi connectivity index (χ4v) is 1.92. The summed E-state index contributed by atoms with van der Waals surface area (Å²) >= 11 is 0. The van der Waals surface area contributed by atoms with Crippen molar-refractivity contribution in [2.24, 2.45) is 5.73 Å². The summed E-state index contributed by atoms with van der Waals surface area (Å²) in [5.41, 5.74) is 9.14. The molecule has 0 bridgehead atoms. The van der Waals surface area contributed by atoms with Crippen molar-refractivity contribution in [3.63, 3.8) is 0 Å². The van der Waals surface area contributed by atoms with E-state index < -0.39 is 0 Å². The summed E-state index contributed by atoms with van der Waals surface area (Å²) in [7, 11) is 0. The van der Waals surface area contributed by atoms with Gasteiger partial charge in [0.05, 0.1) is 12.2 Å². The number of amides is 1. The van der Waals surface area contributed by atoms with Crippen LogP contribution in [-0.4, -0.2) is 17.4 Å². The van der Waals surface area contributed by atoms with Gasteiger partial charge in [-0.2, -0.15) is 0 Å². The van der Waals surface area contributed by atoms with E-state index in [4.69, 9.17) is 5.73 Å². The summed E-state index contributed by atoms with van der Waals surface area (Å²) in [5, 5.41) is 2.86. The first-order valence-electron chi connectivity index (χ1n) is 6.64. The van der Waals surface area contributed by atoms with Crippen molar-refractivity contribution in [3.8, 4) is 11.8 Å². The van der Waals surface area contributed by atoms with Gasteiger partial charge in [0.2, 0.25) is 0 Å². The number of nitrogens with two attached hydrogens (primary N) is 1. The number of carbonyl (C=O) groups excluding carboxylic acids is 1.